The summed E-state index contributed by atoms with van der Waals surface area (Å²) in [5.74, 6) is 0.869. The molecule has 8 aromatic rings. The van der Waals surface area contributed by atoms with Gasteiger partial charge in [-0.05, 0) is 158 Å². The number of benzene rings is 6. The number of amides is 3. The largest absolute Gasteiger partial charge is 0.476 e. The fourth-order valence-corrected chi connectivity index (χ4v) is 13.0. The van der Waals surface area contributed by atoms with Crippen LogP contribution in [0.2, 0.25) is 0 Å². The van der Waals surface area contributed by atoms with Gasteiger partial charge < -0.3 is 36.3 Å². The molecule has 93 heavy (non-hydrogen) atoms. The Morgan fingerprint density at radius 2 is 1.06 bits per heavy atom. The highest BCUT2D eigenvalue weighted by molar-refractivity contribution is 7.99. The van der Waals surface area contributed by atoms with Crippen molar-refractivity contribution in [1.82, 2.24) is 21.8 Å². The van der Waals surface area contributed by atoms with Crippen LogP contribution < -0.4 is 66.6 Å². The van der Waals surface area contributed by atoms with Gasteiger partial charge in [-0.3, -0.25) is 38.9 Å². The third-order valence-corrected chi connectivity index (χ3v) is 18.5. The fourth-order valence-electron chi connectivity index (χ4n) is 9.75. The number of carbonyl (C=O) groups is 3. The molecule has 6 aromatic carbocycles. The average molecular weight is 1330 g/mol. The first-order valence-corrected chi connectivity index (χ1v) is 33.9. The van der Waals surface area contributed by atoms with Crippen LogP contribution in [0.4, 0.5) is 34.1 Å². The highest BCUT2D eigenvalue weighted by atomic mass is 32.2. The number of aryl methyl sites for hydroxylation is 2. The molecule has 2 aromatic heterocycles. The van der Waals surface area contributed by atoms with E-state index >= 15 is 0 Å². The first-order chi connectivity index (χ1) is 44.9. The van der Waals surface area contributed by atoms with Crippen LogP contribution in [0, 0.1) is 27.7 Å². The van der Waals surface area contributed by atoms with Crippen molar-refractivity contribution < 1.29 is 65.0 Å². The van der Waals surface area contributed by atoms with Crippen LogP contribution in [0.1, 0.15) is 54.9 Å². The lowest BCUT2D eigenvalue weighted by Gasteiger charge is -2.16. The Kier molecular flexibility index (Phi) is 26.0. The SMILES string of the molecule is Cc1ccc(S(=O)(=O)Nc2ccc(NNOCc3ccccc3CCO)cc2)c(C)c1NC(=O)C[n+]1cccc(CONCCSCCNC(=O)c2ccc[n+](CC(=O)Nc3c(C)ccc(S(=O)(=O)Nc4ccc(NNCOc5ccccc5CCO)cc4)c3C)c2)c1. The summed E-state index contributed by atoms with van der Waals surface area (Å²) in [5, 5.41) is 27.3. The van der Waals surface area contributed by atoms with Crippen LogP contribution in [0.25, 0.3) is 0 Å². The predicted octanol–water partition coefficient (Wildman–Crippen LogP) is 6.63. The number of sulfonamides is 2. The van der Waals surface area contributed by atoms with Gasteiger partial charge >= 0.3 is 0 Å². The average Bonchev–Trinajstić information content (AvgIpc) is 0.869. The zero-order valence-corrected chi connectivity index (χ0v) is 54.4. The number of aromatic nitrogens is 2. The number of para-hydroxylation sites is 1. The number of aliphatic hydroxyl groups is 2. The van der Waals surface area contributed by atoms with Gasteiger partial charge in [0, 0.05) is 83.9 Å². The molecule has 2 heterocycles. The standard InChI is InChI=1S/C66H76N12O12S3/c1-46-17-27-60(93(86,87)75-58-25-21-56(22-26-58)73-76-90-44-54-14-6-5-12-51(54)29-35-79)48(3)64(46)70-62(81)41-77-33-9-11-50(39-77)43-89-69-32-38-91-37-31-67-66(83)53-15-10-34-78(40-53)42-63(82)71-65-47(2)18-28-61(49(65)4)92(84,85)74-57-23-19-55(20-24-57)72-68-45-88-59-16-8-7-13-52(59)30-36-80/h5-28,33-34,39-40,68-69,72-76,79-80H,29-32,35-38,41-45H2,1-4H3,(H-2,67,70,71,81,82,83)/p+2. The maximum absolute atomic E-state index is 13.7. The molecule has 0 atom stereocenters. The number of aliphatic hydroxyl groups excluding tert-OH is 2. The molecule has 24 nitrogen and oxygen atoms in total. The number of nitrogens with one attached hydrogen (secondary N) is 10. The first kappa shape index (κ1) is 69.9. The molecule has 0 unspecified atom stereocenters. The van der Waals surface area contributed by atoms with Crippen molar-refractivity contribution in [3.63, 3.8) is 0 Å². The van der Waals surface area contributed by atoms with E-state index in [0.717, 1.165) is 22.3 Å². The van der Waals surface area contributed by atoms with E-state index in [9.17, 15) is 41.4 Å². The normalized spacial score (nSPS) is 11.4. The summed E-state index contributed by atoms with van der Waals surface area (Å²) in [5.41, 5.74) is 23.2. The van der Waals surface area contributed by atoms with Crippen molar-refractivity contribution in [2.45, 2.75) is 76.6 Å². The van der Waals surface area contributed by atoms with Crippen molar-refractivity contribution in [1.29, 1.82) is 0 Å². The molecule has 490 valence electrons. The molecule has 0 saturated carbocycles. The summed E-state index contributed by atoms with van der Waals surface area (Å²) in [6, 6.07) is 41.5. The quantitative estimate of drug-likeness (QED) is 0.00848. The zero-order valence-electron chi connectivity index (χ0n) is 52.0. The molecule has 0 aliphatic rings. The number of nitrogens with zero attached hydrogens (tertiary/aromatic N) is 2. The van der Waals surface area contributed by atoms with Crippen molar-refractivity contribution in [3.8, 4) is 5.75 Å². The third-order valence-electron chi connectivity index (χ3n) is 14.4. The number of pyridine rings is 2. The molecule has 8 rings (SSSR count). The lowest BCUT2D eigenvalue weighted by atomic mass is 10.1. The van der Waals surface area contributed by atoms with Gasteiger partial charge in [0.15, 0.2) is 31.5 Å². The number of ether oxygens (including phenoxy) is 1. The molecule has 0 fully saturated rings. The minimum atomic E-state index is -4.08. The van der Waals surface area contributed by atoms with Gasteiger partial charge in [0.2, 0.25) is 13.1 Å². The van der Waals surface area contributed by atoms with Crippen LogP contribution in [0.15, 0.2) is 180 Å². The van der Waals surface area contributed by atoms with E-state index in [-0.39, 0.29) is 67.9 Å². The summed E-state index contributed by atoms with van der Waals surface area (Å²) in [6.45, 7) is 8.20. The Balaban J connectivity index is 0.705. The number of anilines is 6. The second kappa shape index (κ2) is 34.6. The molecule has 0 spiro atoms. The molecule has 27 heteroatoms. The maximum Gasteiger partial charge on any atom is 0.290 e. The molecule has 0 aliphatic heterocycles. The number of thioether (sulfide) groups is 1. The minimum Gasteiger partial charge on any atom is -0.476 e. The molecule has 0 saturated heterocycles. The van der Waals surface area contributed by atoms with Gasteiger partial charge in [0.1, 0.15) is 11.3 Å². The fraction of sp³-hybridized carbons (Fsp3) is 0.258. The predicted molar refractivity (Wildman–Crippen MR) is 358 cm³/mol. The van der Waals surface area contributed by atoms with E-state index in [1.165, 1.54) is 12.1 Å². The summed E-state index contributed by atoms with van der Waals surface area (Å²) in [7, 11) is -8.14. The molecule has 0 aliphatic carbocycles. The van der Waals surface area contributed by atoms with Gasteiger partial charge in [0.05, 0.1) is 28.7 Å². The van der Waals surface area contributed by atoms with Gasteiger partial charge in [-0.25, -0.2) is 27.7 Å². The van der Waals surface area contributed by atoms with Crippen LogP contribution in [-0.4, -0.2) is 89.3 Å². The molecule has 3 amide bonds. The minimum absolute atomic E-state index is 0.00685. The first-order valence-electron chi connectivity index (χ1n) is 29.7. The van der Waals surface area contributed by atoms with E-state index < -0.39 is 26.0 Å². The second-order valence-electron chi connectivity index (χ2n) is 21.4. The molecular weight excluding hydrogens is 1250 g/mol. The van der Waals surface area contributed by atoms with Crippen molar-refractivity contribution in [2.24, 2.45) is 0 Å². The lowest BCUT2D eigenvalue weighted by molar-refractivity contribution is -0.684. The summed E-state index contributed by atoms with van der Waals surface area (Å²) in [4.78, 5) is 51.2. The second-order valence-corrected chi connectivity index (χ2v) is 25.9. The number of hydrogen-bond donors (Lipinski definition) is 12. The Labute approximate surface area is 545 Å². The Hall–Kier alpha value is -9.00. The zero-order chi connectivity index (χ0) is 66.2. The topological polar surface area (TPSA) is 316 Å². The number of hydroxylamine groups is 1. The van der Waals surface area contributed by atoms with E-state index in [2.05, 4.69) is 52.7 Å². The Morgan fingerprint density at radius 3 is 1.68 bits per heavy atom. The Morgan fingerprint density at radius 1 is 0.538 bits per heavy atom. The van der Waals surface area contributed by atoms with E-state index in [0.29, 0.717) is 105 Å². The molecule has 0 bridgehead atoms. The van der Waals surface area contributed by atoms with Gasteiger partial charge in [-0.1, -0.05) is 54.6 Å². The van der Waals surface area contributed by atoms with Crippen LogP contribution in [-0.2, 0) is 78.5 Å². The number of hydrogen-bond acceptors (Lipinski definition) is 18. The van der Waals surface area contributed by atoms with E-state index in [4.69, 9.17) is 14.4 Å². The number of rotatable bonds is 36. The van der Waals surface area contributed by atoms with Crippen LogP contribution in [0.3, 0.4) is 0 Å². The highest BCUT2D eigenvalue weighted by Crippen LogP contribution is 2.31. The summed E-state index contributed by atoms with van der Waals surface area (Å²) in [6.07, 6.45) is 7.77. The van der Waals surface area contributed by atoms with E-state index in [1.807, 2.05) is 54.6 Å². The number of hydrazine groups is 2. The number of carbonyl (C=O) groups excluding carboxylic acids is 3. The lowest BCUT2D eigenvalue weighted by Crippen LogP contribution is -2.41. The van der Waals surface area contributed by atoms with Gasteiger partial charge in [-0.2, -0.15) is 20.9 Å². The van der Waals surface area contributed by atoms with Crippen molar-refractivity contribution in [3.05, 3.63) is 220 Å². The van der Waals surface area contributed by atoms with Crippen molar-refractivity contribution >= 4 is 83.7 Å². The molecule has 12 N–H and O–H groups in total. The Bertz CT molecular complexity index is 4070. The van der Waals surface area contributed by atoms with Crippen LogP contribution >= 0.6 is 11.8 Å². The van der Waals surface area contributed by atoms with E-state index in [1.54, 1.807) is 152 Å². The van der Waals surface area contributed by atoms with Gasteiger partial charge in [-0.15, -0.1) is 5.59 Å². The smallest absolute Gasteiger partial charge is 0.290 e. The maximum atomic E-state index is 13.7. The van der Waals surface area contributed by atoms with Crippen molar-refractivity contribution in [2.75, 3.05) is 75.5 Å². The summed E-state index contributed by atoms with van der Waals surface area (Å²) < 4.78 is 69.0. The third kappa shape index (κ3) is 21.0. The summed E-state index contributed by atoms with van der Waals surface area (Å²) >= 11 is 1.61. The molecular formula is C66H78N12O12S3+2. The monoisotopic (exact) mass is 1330 g/mol. The highest BCUT2D eigenvalue weighted by Gasteiger charge is 2.25. The van der Waals surface area contributed by atoms with Gasteiger partial charge in [0.25, 0.3) is 37.8 Å². The van der Waals surface area contributed by atoms with Crippen LogP contribution in [0.5, 0.6) is 5.75 Å². The molecule has 0 radical (unpaired) electrons.